The summed E-state index contributed by atoms with van der Waals surface area (Å²) in [6, 6.07) is 10.2. The molecule has 2 aromatic rings. The van der Waals surface area contributed by atoms with Crippen molar-refractivity contribution < 1.29 is 5.11 Å². The van der Waals surface area contributed by atoms with Crippen molar-refractivity contribution in [3.63, 3.8) is 0 Å². The average Bonchev–Trinajstić information content (AvgIpc) is 3.11. The van der Waals surface area contributed by atoms with Gasteiger partial charge in [0.05, 0.1) is 0 Å². The zero-order valence-corrected chi connectivity index (χ0v) is 12.8. The van der Waals surface area contributed by atoms with E-state index in [1.807, 2.05) is 35.7 Å². The molecule has 3 nitrogen and oxygen atoms in total. The van der Waals surface area contributed by atoms with Gasteiger partial charge in [0.2, 0.25) is 0 Å². The van der Waals surface area contributed by atoms with Crippen LogP contribution in [0.25, 0.3) is 0 Å². The fourth-order valence-corrected chi connectivity index (χ4v) is 4.77. The lowest BCUT2D eigenvalue weighted by atomic mass is 9.74. The van der Waals surface area contributed by atoms with Crippen molar-refractivity contribution in [1.82, 2.24) is 9.88 Å². The van der Waals surface area contributed by atoms with Crippen molar-refractivity contribution >= 4 is 11.3 Å². The van der Waals surface area contributed by atoms with Crippen LogP contribution in [0.15, 0.2) is 41.9 Å². The molecule has 2 bridgehead atoms. The molecular weight excluding hydrogens is 280 g/mol. The summed E-state index contributed by atoms with van der Waals surface area (Å²) in [6.07, 6.45) is 5.42. The molecule has 1 N–H and O–H groups in total. The highest BCUT2D eigenvalue weighted by Gasteiger charge is 2.49. The summed E-state index contributed by atoms with van der Waals surface area (Å²) < 4.78 is 0. The van der Waals surface area contributed by atoms with Gasteiger partial charge in [-0.25, -0.2) is 4.98 Å². The van der Waals surface area contributed by atoms with Crippen LogP contribution in [0.5, 0.6) is 0 Å². The molecule has 1 aromatic carbocycles. The van der Waals surface area contributed by atoms with Gasteiger partial charge in [-0.05, 0) is 43.8 Å². The second kappa shape index (κ2) is 5.20. The Morgan fingerprint density at radius 2 is 1.95 bits per heavy atom. The van der Waals surface area contributed by atoms with E-state index in [0.29, 0.717) is 0 Å². The summed E-state index contributed by atoms with van der Waals surface area (Å²) in [4.78, 5) is 6.93. The smallest absolute Gasteiger partial charge is 0.156 e. The Labute approximate surface area is 129 Å². The van der Waals surface area contributed by atoms with Crippen molar-refractivity contribution in [2.24, 2.45) is 5.92 Å². The van der Waals surface area contributed by atoms with Crippen LogP contribution in [0.2, 0.25) is 0 Å². The van der Waals surface area contributed by atoms with E-state index in [1.54, 1.807) is 17.5 Å². The van der Waals surface area contributed by atoms with Crippen molar-refractivity contribution in [3.8, 4) is 0 Å². The van der Waals surface area contributed by atoms with Crippen LogP contribution in [-0.4, -0.2) is 34.1 Å². The van der Waals surface area contributed by atoms with Crippen molar-refractivity contribution in [3.05, 3.63) is 52.5 Å². The number of nitrogens with zero attached hydrogens (tertiary/aromatic N) is 2. The Hall–Kier alpha value is -1.23. The van der Waals surface area contributed by atoms with Gasteiger partial charge in [-0.1, -0.05) is 30.3 Å². The van der Waals surface area contributed by atoms with Crippen LogP contribution in [0, 0.1) is 5.92 Å². The van der Waals surface area contributed by atoms with E-state index in [0.717, 1.165) is 36.0 Å². The van der Waals surface area contributed by atoms with Gasteiger partial charge < -0.3 is 5.11 Å². The first-order valence-electron chi connectivity index (χ1n) is 7.70. The predicted molar refractivity (Wildman–Crippen MR) is 84.3 cm³/mol. The number of fused-ring (bicyclic) bond motifs is 3. The third-order valence-corrected chi connectivity index (χ3v) is 6.00. The Morgan fingerprint density at radius 3 is 2.52 bits per heavy atom. The standard InChI is InChI=1S/C17H20N2OS/c20-17(16-18-8-11-21-16,14-4-2-1-3-5-14)15-12-13-6-9-19(15)10-7-13/h1-5,8,11,13,15,20H,6-7,9-10,12H2. The summed E-state index contributed by atoms with van der Waals surface area (Å²) in [7, 11) is 0. The Bertz CT molecular complexity index is 593. The van der Waals surface area contributed by atoms with E-state index in [9.17, 15) is 5.11 Å². The molecule has 0 radical (unpaired) electrons. The van der Waals surface area contributed by atoms with E-state index in [-0.39, 0.29) is 6.04 Å². The Kier molecular flexibility index (Phi) is 3.32. The molecule has 1 aromatic heterocycles. The number of thiazole rings is 1. The molecule has 3 aliphatic rings. The highest BCUT2D eigenvalue weighted by molar-refractivity contribution is 7.09. The molecule has 0 spiro atoms. The number of rotatable bonds is 3. The second-order valence-corrected chi connectivity index (χ2v) is 7.10. The van der Waals surface area contributed by atoms with Gasteiger partial charge in [0.15, 0.2) is 5.60 Å². The zero-order chi connectivity index (χ0) is 14.3. The normalized spacial score (nSPS) is 31.0. The molecule has 3 fully saturated rings. The monoisotopic (exact) mass is 300 g/mol. The van der Waals surface area contributed by atoms with Crippen LogP contribution in [0.3, 0.4) is 0 Å². The maximum absolute atomic E-state index is 11.7. The molecule has 4 heteroatoms. The highest BCUT2D eigenvalue weighted by atomic mass is 32.1. The zero-order valence-electron chi connectivity index (χ0n) is 12.0. The van der Waals surface area contributed by atoms with E-state index < -0.39 is 5.60 Å². The van der Waals surface area contributed by atoms with Gasteiger partial charge >= 0.3 is 0 Å². The summed E-state index contributed by atoms with van der Waals surface area (Å²) in [6.45, 7) is 2.21. The summed E-state index contributed by atoms with van der Waals surface area (Å²) in [5, 5.41) is 14.5. The van der Waals surface area contributed by atoms with Gasteiger partial charge in [-0.3, -0.25) is 4.90 Å². The van der Waals surface area contributed by atoms with Crippen LogP contribution in [0.1, 0.15) is 29.8 Å². The molecule has 4 heterocycles. The molecule has 5 rings (SSSR count). The number of aromatic nitrogens is 1. The molecule has 21 heavy (non-hydrogen) atoms. The third kappa shape index (κ3) is 2.13. The van der Waals surface area contributed by atoms with Crippen LogP contribution in [-0.2, 0) is 5.60 Å². The van der Waals surface area contributed by atoms with Gasteiger partial charge in [-0.15, -0.1) is 11.3 Å². The minimum Gasteiger partial charge on any atom is -0.376 e. The first-order valence-corrected chi connectivity index (χ1v) is 8.58. The molecule has 0 amide bonds. The van der Waals surface area contributed by atoms with E-state index in [2.05, 4.69) is 9.88 Å². The molecule has 0 saturated carbocycles. The van der Waals surface area contributed by atoms with Crippen LogP contribution < -0.4 is 0 Å². The minimum absolute atomic E-state index is 0.151. The lowest BCUT2D eigenvalue weighted by molar-refractivity contribution is -0.0746. The lowest BCUT2D eigenvalue weighted by Gasteiger charge is -2.51. The molecule has 0 aliphatic carbocycles. The quantitative estimate of drug-likeness (QED) is 0.947. The molecule has 2 atom stereocenters. The Balaban J connectivity index is 1.81. The van der Waals surface area contributed by atoms with Crippen molar-refractivity contribution in [1.29, 1.82) is 0 Å². The van der Waals surface area contributed by atoms with Crippen LogP contribution in [0.4, 0.5) is 0 Å². The minimum atomic E-state index is -0.978. The fraction of sp³-hybridized carbons (Fsp3) is 0.471. The van der Waals surface area contributed by atoms with Crippen molar-refractivity contribution in [2.75, 3.05) is 13.1 Å². The highest BCUT2D eigenvalue weighted by Crippen LogP contribution is 2.44. The first kappa shape index (κ1) is 13.4. The van der Waals surface area contributed by atoms with E-state index >= 15 is 0 Å². The molecular formula is C17H20N2OS. The van der Waals surface area contributed by atoms with Crippen LogP contribution >= 0.6 is 11.3 Å². The molecule has 3 saturated heterocycles. The third-order valence-electron chi connectivity index (χ3n) is 5.10. The first-order chi connectivity index (χ1) is 10.3. The number of aliphatic hydroxyl groups is 1. The number of hydrogen-bond donors (Lipinski definition) is 1. The number of benzene rings is 1. The van der Waals surface area contributed by atoms with E-state index in [4.69, 9.17) is 0 Å². The van der Waals surface area contributed by atoms with Gasteiger partial charge in [0.1, 0.15) is 5.01 Å². The van der Waals surface area contributed by atoms with Gasteiger partial charge in [0.25, 0.3) is 0 Å². The SMILES string of the molecule is OC(c1ccccc1)(c1nccs1)C1CC2CCN1CC2. The largest absolute Gasteiger partial charge is 0.376 e. The topological polar surface area (TPSA) is 36.4 Å². The lowest BCUT2D eigenvalue weighted by Crippen LogP contribution is -2.58. The summed E-state index contributed by atoms with van der Waals surface area (Å²) in [5.74, 6) is 0.759. The average molecular weight is 300 g/mol. The fourth-order valence-electron chi connectivity index (χ4n) is 3.96. The molecule has 2 unspecified atom stereocenters. The predicted octanol–water partition coefficient (Wildman–Crippen LogP) is 2.86. The molecule has 3 aliphatic heterocycles. The summed E-state index contributed by atoms with van der Waals surface area (Å²) >= 11 is 1.56. The maximum Gasteiger partial charge on any atom is 0.156 e. The maximum atomic E-state index is 11.7. The number of piperidine rings is 3. The second-order valence-electron chi connectivity index (χ2n) is 6.20. The number of hydrogen-bond acceptors (Lipinski definition) is 4. The van der Waals surface area contributed by atoms with Gasteiger partial charge in [-0.2, -0.15) is 0 Å². The Morgan fingerprint density at radius 1 is 1.19 bits per heavy atom. The van der Waals surface area contributed by atoms with Crippen molar-refractivity contribution in [2.45, 2.75) is 30.9 Å². The van der Waals surface area contributed by atoms with E-state index in [1.165, 1.54) is 12.8 Å². The van der Waals surface area contributed by atoms with Gasteiger partial charge in [0, 0.05) is 17.6 Å². The summed E-state index contributed by atoms with van der Waals surface area (Å²) in [5.41, 5.74) is -0.00775. The molecule has 110 valence electrons.